The van der Waals surface area contributed by atoms with Gasteiger partial charge in [0.25, 0.3) is 5.56 Å². The van der Waals surface area contributed by atoms with E-state index in [4.69, 9.17) is 0 Å². The van der Waals surface area contributed by atoms with Crippen molar-refractivity contribution in [2.45, 2.75) is 38.5 Å². The number of hydrogen-bond acceptors (Lipinski definition) is 5. The quantitative estimate of drug-likeness (QED) is 0.755. The molecule has 2 aliphatic rings. The molecule has 0 unspecified atom stereocenters. The Morgan fingerprint density at radius 2 is 1.86 bits per heavy atom. The van der Waals surface area contributed by atoms with Crippen LogP contribution in [-0.2, 0) is 9.59 Å². The number of nitrogens with one attached hydrogen (secondary N) is 3. The van der Waals surface area contributed by atoms with E-state index < -0.39 is 11.8 Å². The number of rotatable bonds is 3. The molecule has 1 fully saturated rings. The second-order valence-corrected chi connectivity index (χ2v) is 7.36. The second-order valence-electron chi connectivity index (χ2n) is 7.36. The first-order chi connectivity index (χ1) is 13.5. The fourth-order valence-electron chi connectivity index (χ4n) is 3.71. The number of nitrogens with zero attached hydrogens (tertiary/aromatic N) is 2. The van der Waals surface area contributed by atoms with Gasteiger partial charge in [-0.15, -0.1) is 0 Å². The third-order valence-electron chi connectivity index (χ3n) is 5.23. The molecule has 1 aromatic heterocycles. The smallest absolute Gasteiger partial charge is 0.258 e. The standard InChI is InChI=1S/C20H23N5O3/c1-12-5-7-13(8-6-12)21-18(27)14-11-15(26)22-17-16(14)19(28)24-20(23-17)25-9-3-2-4-10-25/h5-8,14H,2-4,9-11H2,1H3,(H,21,27)(H2,22,23,24,26,28)/t14-/m0/s1. The fourth-order valence-corrected chi connectivity index (χ4v) is 3.71. The van der Waals surface area contributed by atoms with Gasteiger partial charge in [-0.2, -0.15) is 4.98 Å². The van der Waals surface area contributed by atoms with E-state index in [2.05, 4.69) is 20.6 Å². The molecule has 1 aromatic carbocycles. The molecule has 1 atom stereocenters. The van der Waals surface area contributed by atoms with E-state index in [-0.39, 0.29) is 29.3 Å². The summed E-state index contributed by atoms with van der Waals surface area (Å²) in [6.07, 6.45) is 3.14. The van der Waals surface area contributed by atoms with Gasteiger partial charge in [-0.1, -0.05) is 17.7 Å². The molecule has 0 radical (unpaired) electrons. The van der Waals surface area contributed by atoms with Crippen molar-refractivity contribution in [1.82, 2.24) is 9.97 Å². The maximum atomic E-state index is 12.8. The molecule has 1 saturated heterocycles. The third kappa shape index (κ3) is 3.62. The van der Waals surface area contributed by atoms with Crippen LogP contribution in [-0.4, -0.2) is 34.9 Å². The summed E-state index contributed by atoms with van der Waals surface area (Å²) in [5, 5.41) is 5.46. The molecule has 3 heterocycles. The molecule has 146 valence electrons. The predicted molar refractivity (Wildman–Crippen MR) is 107 cm³/mol. The Morgan fingerprint density at radius 3 is 2.57 bits per heavy atom. The van der Waals surface area contributed by atoms with Gasteiger partial charge >= 0.3 is 0 Å². The Labute approximate surface area is 162 Å². The Kier molecular flexibility index (Phi) is 4.85. The Bertz CT molecular complexity index is 961. The number of aryl methyl sites for hydroxylation is 1. The fraction of sp³-hybridized carbons (Fsp3) is 0.400. The van der Waals surface area contributed by atoms with E-state index in [1.54, 1.807) is 12.1 Å². The number of benzene rings is 1. The highest BCUT2D eigenvalue weighted by Crippen LogP contribution is 2.30. The third-order valence-corrected chi connectivity index (χ3v) is 5.23. The van der Waals surface area contributed by atoms with E-state index >= 15 is 0 Å². The lowest BCUT2D eigenvalue weighted by Gasteiger charge is -2.29. The molecule has 8 heteroatoms. The zero-order chi connectivity index (χ0) is 19.7. The van der Waals surface area contributed by atoms with Crippen molar-refractivity contribution in [1.29, 1.82) is 0 Å². The molecule has 0 aliphatic carbocycles. The Morgan fingerprint density at radius 1 is 1.14 bits per heavy atom. The minimum atomic E-state index is -0.878. The lowest BCUT2D eigenvalue weighted by Crippen LogP contribution is -2.38. The normalized spacial score (nSPS) is 19.0. The van der Waals surface area contributed by atoms with Crippen molar-refractivity contribution in [2.24, 2.45) is 0 Å². The molecular formula is C20H23N5O3. The Hall–Kier alpha value is -3.16. The second kappa shape index (κ2) is 7.46. The first-order valence-electron chi connectivity index (χ1n) is 9.58. The topological polar surface area (TPSA) is 107 Å². The largest absolute Gasteiger partial charge is 0.342 e. The average Bonchev–Trinajstić information content (AvgIpc) is 2.69. The highest BCUT2D eigenvalue weighted by atomic mass is 16.2. The average molecular weight is 381 g/mol. The van der Waals surface area contributed by atoms with Gasteiger partial charge in [0, 0.05) is 25.2 Å². The summed E-state index contributed by atoms with van der Waals surface area (Å²) in [6, 6.07) is 7.35. The van der Waals surface area contributed by atoms with Gasteiger partial charge in [-0.25, -0.2) is 0 Å². The van der Waals surface area contributed by atoms with Crippen molar-refractivity contribution in [2.75, 3.05) is 28.6 Å². The van der Waals surface area contributed by atoms with Crippen molar-refractivity contribution in [3.63, 3.8) is 0 Å². The molecule has 2 amide bonds. The van der Waals surface area contributed by atoms with E-state index in [0.29, 0.717) is 11.6 Å². The van der Waals surface area contributed by atoms with Crippen LogP contribution in [0.5, 0.6) is 0 Å². The molecule has 0 spiro atoms. The van der Waals surface area contributed by atoms with Crippen LogP contribution in [0.15, 0.2) is 29.1 Å². The lowest BCUT2D eigenvalue weighted by molar-refractivity contribution is -0.123. The Balaban J connectivity index is 1.64. The van der Waals surface area contributed by atoms with Crippen molar-refractivity contribution in [3.8, 4) is 0 Å². The van der Waals surface area contributed by atoms with E-state index in [0.717, 1.165) is 37.9 Å². The summed E-state index contributed by atoms with van der Waals surface area (Å²) in [5.74, 6) is -0.957. The van der Waals surface area contributed by atoms with Crippen LogP contribution in [0.4, 0.5) is 17.5 Å². The maximum Gasteiger partial charge on any atom is 0.258 e. The number of carbonyl (C=O) groups is 2. The van der Waals surface area contributed by atoms with Gasteiger partial charge in [0.1, 0.15) is 5.82 Å². The van der Waals surface area contributed by atoms with E-state index in [1.165, 1.54) is 0 Å². The summed E-state index contributed by atoms with van der Waals surface area (Å²) in [6.45, 7) is 3.58. The minimum Gasteiger partial charge on any atom is -0.342 e. The molecule has 2 aromatic rings. The van der Waals surface area contributed by atoms with Crippen LogP contribution in [0.2, 0.25) is 0 Å². The lowest BCUT2D eigenvalue weighted by atomic mass is 9.92. The van der Waals surface area contributed by atoms with E-state index in [9.17, 15) is 14.4 Å². The number of amides is 2. The first kappa shape index (κ1) is 18.2. The number of fused-ring (bicyclic) bond motifs is 1. The summed E-state index contributed by atoms with van der Waals surface area (Å²) in [5.41, 5.74) is 1.53. The van der Waals surface area contributed by atoms with Crippen LogP contribution in [0.1, 0.15) is 42.7 Å². The minimum absolute atomic E-state index is 0.0848. The number of H-pyrrole nitrogens is 1. The van der Waals surface area contributed by atoms with Gasteiger partial charge in [0.15, 0.2) is 0 Å². The zero-order valence-electron chi connectivity index (χ0n) is 15.7. The molecule has 28 heavy (non-hydrogen) atoms. The van der Waals surface area contributed by atoms with Gasteiger partial charge in [0.2, 0.25) is 17.8 Å². The van der Waals surface area contributed by atoms with Crippen LogP contribution < -0.4 is 21.1 Å². The number of carbonyl (C=O) groups excluding carboxylic acids is 2. The molecule has 3 N–H and O–H groups in total. The van der Waals surface area contributed by atoms with Gasteiger partial charge < -0.3 is 15.5 Å². The summed E-state index contributed by atoms with van der Waals surface area (Å²) in [4.78, 5) is 47.1. The molecule has 4 rings (SSSR count). The van der Waals surface area contributed by atoms with Crippen molar-refractivity contribution in [3.05, 3.63) is 45.7 Å². The number of hydrogen-bond donors (Lipinski definition) is 3. The number of aromatic nitrogens is 2. The van der Waals surface area contributed by atoms with Crippen LogP contribution in [0.3, 0.4) is 0 Å². The first-order valence-corrected chi connectivity index (χ1v) is 9.58. The predicted octanol–water partition coefficient (Wildman–Crippen LogP) is 2.13. The maximum absolute atomic E-state index is 12.8. The SMILES string of the molecule is Cc1ccc(NC(=O)[C@H]2CC(=O)Nc3nc(N4CCCCC4)[nH]c(=O)c32)cc1. The molecule has 2 aliphatic heterocycles. The number of anilines is 3. The molecule has 0 saturated carbocycles. The number of aromatic amines is 1. The van der Waals surface area contributed by atoms with Crippen molar-refractivity contribution < 1.29 is 9.59 Å². The van der Waals surface area contributed by atoms with Crippen LogP contribution in [0, 0.1) is 6.92 Å². The highest BCUT2D eigenvalue weighted by Gasteiger charge is 2.35. The molecule has 8 nitrogen and oxygen atoms in total. The van der Waals surface area contributed by atoms with Crippen LogP contribution >= 0.6 is 0 Å². The summed E-state index contributed by atoms with van der Waals surface area (Å²) < 4.78 is 0. The summed E-state index contributed by atoms with van der Waals surface area (Å²) in [7, 11) is 0. The molecule has 0 bridgehead atoms. The van der Waals surface area contributed by atoms with E-state index in [1.807, 2.05) is 24.0 Å². The van der Waals surface area contributed by atoms with Gasteiger partial charge in [-0.3, -0.25) is 19.4 Å². The van der Waals surface area contributed by atoms with Gasteiger partial charge in [-0.05, 0) is 38.3 Å². The summed E-state index contributed by atoms with van der Waals surface area (Å²) >= 11 is 0. The van der Waals surface area contributed by atoms with Crippen molar-refractivity contribution >= 4 is 29.3 Å². The monoisotopic (exact) mass is 381 g/mol. The molecular weight excluding hydrogens is 358 g/mol. The number of piperidine rings is 1. The van der Waals surface area contributed by atoms with Crippen LogP contribution in [0.25, 0.3) is 0 Å². The highest BCUT2D eigenvalue weighted by molar-refractivity contribution is 6.04. The zero-order valence-corrected chi connectivity index (χ0v) is 15.7. The van der Waals surface area contributed by atoms with Gasteiger partial charge in [0.05, 0.1) is 11.5 Å².